The van der Waals surface area contributed by atoms with Crippen LogP contribution in [0.15, 0.2) is 54.7 Å². The van der Waals surface area contributed by atoms with Crippen LogP contribution in [0.1, 0.15) is 17.2 Å². The van der Waals surface area contributed by atoms with E-state index in [9.17, 15) is 13.6 Å². The summed E-state index contributed by atoms with van der Waals surface area (Å²) in [6, 6.07) is 12.7. The van der Waals surface area contributed by atoms with Gasteiger partial charge in [-0.25, -0.2) is 0 Å². The quantitative estimate of drug-likeness (QED) is 0.765. The summed E-state index contributed by atoms with van der Waals surface area (Å²) in [6.07, 6.45) is 4.28. The minimum absolute atomic E-state index is 0.0341. The standard InChI is InChI=1S/C17H12F2N2O2/c18-17(19)23-13-7-4-12(5-8-13)6-9-16(22)14(11-20)15-3-1-2-10-21-15/h1-10,14,17H/b9-6-/t14-/m1/s1. The lowest BCUT2D eigenvalue weighted by Gasteiger charge is -2.05. The molecular formula is C17H12F2N2O2. The molecule has 4 nitrogen and oxygen atoms in total. The molecule has 0 saturated heterocycles. The Kier molecular flexibility index (Phi) is 5.53. The van der Waals surface area contributed by atoms with Gasteiger partial charge in [0, 0.05) is 6.20 Å². The van der Waals surface area contributed by atoms with Gasteiger partial charge in [-0.15, -0.1) is 0 Å². The minimum Gasteiger partial charge on any atom is -0.435 e. The fourth-order valence-electron chi connectivity index (χ4n) is 1.86. The number of benzene rings is 1. The highest BCUT2D eigenvalue weighted by Crippen LogP contribution is 2.17. The summed E-state index contributed by atoms with van der Waals surface area (Å²) in [5.41, 5.74) is 1.00. The molecule has 0 amide bonds. The van der Waals surface area contributed by atoms with Crippen molar-refractivity contribution in [1.29, 1.82) is 5.26 Å². The second-order valence-corrected chi connectivity index (χ2v) is 4.50. The van der Waals surface area contributed by atoms with Crippen molar-refractivity contribution >= 4 is 11.9 Å². The Hall–Kier alpha value is -3.07. The van der Waals surface area contributed by atoms with Gasteiger partial charge in [-0.05, 0) is 35.9 Å². The first-order chi connectivity index (χ1) is 11.1. The van der Waals surface area contributed by atoms with Crippen molar-refractivity contribution in [1.82, 2.24) is 4.98 Å². The van der Waals surface area contributed by atoms with Gasteiger partial charge in [-0.1, -0.05) is 24.3 Å². The molecule has 0 spiro atoms. The van der Waals surface area contributed by atoms with Crippen LogP contribution in [0.3, 0.4) is 0 Å². The van der Waals surface area contributed by atoms with E-state index in [1.165, 1.54) is 42.6 Å². The van der Waals surface area contributed by atoms with Gasteiger partial charge >= 0.3 is 6.61 Å². The number of pyridine rings is 1. The van der Waals surface area contributed by atoms with Crippen LogP contribution < -0.4 is 4.74 Å². The van der Waals surface area contributed by atoms with Gasteiger partial charge in [0.1, 0.15) is 5.75 Å². The predicted octanol–water partition coefficient (Wildman–Crippen LogP) is 3.57. The fraction of sp³-hybridized carbons (Fsp3) is 0.118. The number of alkyl halides is 2. The Morgan fingerprint density at radius 3 is 2.52 bits per heavy atom. The zero-order valence-electron chi connectivity index (χ0n) is 11.9. The first-order valence-corrected chi connectivity index (χ1v) is 6.67. The van der Waals surface area contributed by atoms with Crippen LogP contribution in [-0.4, -0.2) is 17.4 Å². The summed E-state index contributed by atoms with van der Waals surface area (Å²) in [4.78, 5) is 16.1. The van der Waals surface area contributed by atoms with Crippen LogP contribution in [0.5, 0.6) is 5.75 Å². The topological polar surface area (TPSA) is 63.0 Å². The Labute approximate surface area is 131 Å². The molecule has 0 N–H and O–H groups in total. The Balaban J connectivity index is 2.07. The minimum atomic E-state index is -2.88. The highest BCUT2D eigenvalue weighted by Gasteiger charge is 2.18. The van der Waals surface area contributed by atoms with Gasteiger partial charge in [0.25, 0.3) is 0 Å². The third kappa shape index (κ3) is 4.71. The number of nitriles is 1. The predicted molar refractivity (Wildman–Crippen MR) is 79.7 cm³/mol. The average Bonchev–Trinajstić information content (AvgIpc) is 2.55. The SMILES string of the molecule is N#C[C@@H](C(=O)/C=C\c1ccc(OC(F)F)cc1)c1ccccn1. The molecule has 2 rings (SSSR count). The molecule has 0 bridgehead atoms. The Bertz CT molecular complexity index is 723. The largest absolute Gasteiger partial charge is 0.435 e. The van der Waals surface area contributed by atoms with Crippen molar-refractivity contribution in [3.05, 3.63) is 66.0 Å². The Morgan fingerprint density at radius 2 is 1.96 bits per heavy atom. The molecule has 23 heavy (non-hydrogen) atoms. The summed E-state index contributed by atoms with van der Waals surface area (Å²) < 4.78 is 28.3. The normalized spacial score (nSPS) is 12.1. The number of aromatic nitrogens is 1. The molecule has 6 heteroatoms. The van der Waals surface area contributed by atoms with Crippen molar-refractivity contribution < 1.29 is 18.3 Å². The van der Waals surface area contributed by atoms with E-state index in [-0.39, 0.29) is 5.75 Å². The average molecular weight is 314 g/mol. The number of ether oxygens (including phenoxy) is 1. The van der Waals surface area contributed by atoms with Crippen molar-refractivity contribution in [3.8, 4) is 11.8 Å². The summed E-state index contributed by atoms with van der Waals surface area (Å²) in [6.45, 7) is -2.88. The molecule has 0 aliphatic carbocycles. The Morgan fingerprint density at radius 1 is 1.22 bits per heavy atom. The number of hydrogen-bond donors (Lipinski definition) is 0. The van der Waals surface area contributed by atoms with E-state index >= 15 is 0 Å². The number of carbonyl (C=O) groups excluding carboxylic acids is 1. The number of ketones is 1. The van der Waals surface area contributed by atoms with Crippen LogP contribution >= 0.6 is 0 Å². The third-order valence-corrected chi connectivity index (χ3v) is 2.94. The lowest BCUT2D eigenvalue weighted by atomic mass is 10.00. The number of hydrogen-bond acceptors (Lipinski definition) is 4. The molecule has 0 aliphatic heterocycles. The molecule has 1 aromatic heterocycles. The zero-order valence-corrected chi connectivity index (χ0v) is 11.9. The van der Waals surface area contributed by atoms with E-state index in [2.05, 4.69) is 9.72 Å². The summed E-state index contributed by atoms with van der Waals surface area (Å²) >= 11 is 0. The number of carbonyl (C=O) groups is 1. The summed E-state index contributed by atoms with van der Waals surface area (Å²) in [7, 11) is 0. The van der Waals surface area contributed by atoms with E-state index in [0.717, 1.165) is 0 Å². The number of rotatable bonds is 6. The molecule has 2 aromatic rings. The van der Waals surface area contributed by atoms with Crippen molar-refractivity contribution in [2.45, 2.75) is 12.5 Å². The molecule has 0 unspecified atom stereocenters. The molecule has 0 radical (unpaired) electrons. The first kappa shape index (κ1) is 16.3. The van der Waals surface area contributed by atoms with Gasteiger partial charge < -0.3 is 4.74 Å². The maximum Gasteiger partial charge on any atom is 0.387 e. The number of nitrogens with zero attached hydrogens (tertiary/aromatic N) is 2. The van der Waals surface area contributed by atoms with Gasteiger partial charge in [-0.2, -0.15) is 14.0 Å². The number of halogens is 2. The summed E-state index contributed by atoms with van der Waals surface area (Å²) in [5.74, 6) is -1.35. The monoisotopic (exact) mass is 314 g/mol. The zero-order chi connectivity index (χ0) is 16.7. The molecule has 1 heterocycles. The van der Waals surface area contributed by atoms with E-state index in [1.54, 1.807) is 18.2 Å². The van der Waals surface area contributed by atoms with E-state index in [1.807, 2.05) is 6.07 Å². The van der Waals surface area contributed by atoms with Gasteiger partial charge in [-0.3, -0.25) is 9.78 Å². The van der Waals surface area contributed by atoms with Crippen molar-refractivity contribution in [2.24, 2.45) is 0 Å². The van der Waals surface area contributed by atoms with Gasteiger partial charge in [0.15, 0.2) is 11.7 Å². The second kappa shape index (κ2) is 7.80. The molecule has 0 saturated carbocycles. The molecule has 0 aliphatic rings. The molecule has 0 fully saturated rings. The van der Waals surface area contributed by atoms with E-state index in [4.69, 9.17) is 5.26 Å². The highest BCUT2D eigenvalue weighted by molar-refractivity contribution is 6.00. The second-order valence-electron chi connectivity index (χ2n) is 4.50. The smallest absolute Gasteiger partial charge is 0.387 e. The van der Waals surface area contributed by atoms with Crippen molar-refractivity contribution in [3.63, 3.8) is 0 Å². The van der Waals surface area contributed by atoms with E-state index in [0.29, 0.717) is 11.3 Å². The molecular weight excluding hydrogens is 302 g/mol. The fourth-order valence-corrected chi connectivity index (χ4v) is 1.86. The number of allylic oxidation sites excluding steroid dienone is 1. The van der Waals surface area contributed by atoms with E-state index < -0.39 is 18.3 Å². The van der Waals surface area contributed by atoms with Gasteiger partial charge in [0.05, 0.1) is 11.8 Å². The highest BCUT2D eigenvalue weighted by atomic mass is 19.3. The van der Waals surface area contributed by atoms with Crippen LogP contribution in [0.25, 0.3) is 6.08 Å². The van der Waals surface area contributed by atoms with Crippen LogP contribution in [0.2, 0.25) is 0 Å². The van der Waals surface area contributed by atoms with Crippen LogP contribution in [-0.2, 0) is 4.79 Å². The molecule has 116 valence electrons. The summed E-state index contributed by atoms with van der Waals surface area (Å²) in [5, 5.41) is 9.14. The maximum absolute atomic E-state index is 12.1. The first-order valence-electron chi connectivity index (χ1n) is 6.67. The third-order valence-electron chi connectivity index (χ3n) is 2.94. The van der Waals surface area contributed by atoms with Crippen LogP contribution in [0, 0.1) is 11.3 Å². The van der Waals surface area contributed by atoms with Crippen LogP contribution in [0.4, 0.5) is 8.78 Å². The van der Waals surface area contributed by atoms with Crippen molar-refractivity contribution in [2.75, 3.05) is 0 Å². The lowest BCUT2D eigenvalue weighted by molar-refractivity contribution is -0.114. The molecule has 1 atom stereocenters. The lowest BCUT2D eigenvalue weighted by Crippen LogP contribution is -2.09. The molecule has 1 aromatic carbocycles. The maximum atomic E-state index is 12.1. The van der Waals surface area contributed by atoms with Gasteiger partial charge in [0.2, 0.25) is 0 Å².